The summed E-state index contributed by atoms with van der Waals surface area (Å²) in [5, 5.41) is 4.16. The monoisotopic (exact) mass is 336 g/mol. The molecule has 0 saturated carbocycles. The summed E-state index contributed by atoms with van der Waals surface area (Å²) in [6.45, 7) is 2.46. The van der Waals surface area contributed by atoms with E-state index in [0.717, 1.165) is 38.2 Å². The second-order valence-corrected chi connectivity index (χ2v) is 6.38. The predicted molar refractivity (Wildman–Crippen MR) is 92.2 cm³/mol. The van der Waals surface area contributed by atoms with Gasteiger partial charge in [0, 0.05) is 32.0 Å². The molecule has 1 saturated heterocycles. The smallest absolute Gasteiger partial charge is 0.256 e. The molecular formula is C18H20N6O. The molecule has 1 amide bonds. The van der Waals surface area contributed by atoms with Crippen LogP contribution in [0.25, 0.3) is 5.69 Å². The van der Waals surface area contributed by atoms with Crippen molar-refractivity contribution in [3.05, 3.63) is 61.2 Å². The Morgan fingerprint density at radius 2 is 2.12 bits per heavy atom. The molecule has 1 aliphatic rings. The summed E-state index contributed by atoms with van der Waals surface area (Å²) < 4.78 is 3.72. The first kappa shape index (κ1) is 15.6. The first-order chi connectivity index (χ1) is 12.3. The highest BCUT2D eigenvalue weighted by atomic mass is 16.2. The normalized spacial score (nSPS) is 17.6. The average molecular weight is 336 g/mol. The van der Waals surface area contributed by atoms with Crippen molar-refractivity contribution in [2.75, 3.05) is 13.1 Å². The van der Waals surface area contributed by atoms with Gasteiger partial charge < -0.3 is 9.47 Å². The van der Waals surface area contributed by atoms with Crippen LogP contribution < -0.4 is 0 Å². The lowest BCUT2D eigenvalue weighted by Gasteiger charge is -2.33. The van der Waals surface area contributed by atoms with Crippen molar-refractivity contribution in [3.8, 4) is 5.69 Å². The summed E-state index contributed by atoms with van der Waals surface area (Å²) in [6.07, 6.45) is 10.8. The van der Waals surface area contributed by atoms with Gasteiger partial charge in [-0.1, -0.05) is 12.1 Å². The fourth-order valence-electron chi connectivity index (χ4n) is 3.45. The molecule has 0 bridgehead atoms. The zero-order chi connectivity index (χ0) is 17.1. The van der Waals surface area contributed by atoms with Gasteiger partial charge in [-0.15, -0.1) is 0 Å². The van der Waals surface area contributed by atoms with Gasteiger partial charge >= 0.3 is 0 Å². The molecule has 3 aromatic rings. The summed E-state index contributed by atoms with van der Waals surface area (Å²) in [4.78, 5) is 23.1. The minimum Gasteiger partial charge on any atom is -0.338 e. The lowest BCUT2D eigenvalue weighted by atomic mass is 9.97. The van der Waals surface area contributed by atoms with Crippen LogP contribution in [0.4, 0.5) is 0 Å². The Labute approximate surface area is 145 Å². The van der Waals surface area contributed by atoms with Crippen LogP contribution in [0.5, 0.6) is 0 Å². The van der Waals surface area contributed by atoms with Crippen LogP contribution in [0.3, 0.4) is 0 Å². The number of carbonyl (C=O) groups excluding carboxylic acids is 1. The van der Waals surface area contributed by atoms with E-state index in [9.17, 15) is 4.79 Å². The molecule has 4 rings (SSSR count). The van der Waals surface area contributed by atoms with Gasteiger partial charge in [0.05, 0.1) is 17.6 Å². The number of amides is 1. The maximum absolute atomic E-state index is 13.1. The zero-order valence-corrected chi connectivity index (χ0v) is 13.9. The Balaban J connectivity index is 1.53. The number of aromatic nitrogens is 5. The Morgan fingerprint density at radius 3 is 2.92 bits per heavy atom. The van der Waals surface area contributed by atoms with E-state index in [2.05, 4.69) is 19.6 Å². The van der Waals surface area contributed by atoms with Crippen LogP contribution in [0, 0.1) is 5.92 Å². The van der Waals surface area contributed by atoms with Crippen molar-refractivity contribution in [2.45, 2.75) is 19.4 Å². The second-order valence-electron chi connectivity index (χ2n) is 6.38. The van der Waals surface area contributed by atoms with Crippen LogP contribution in [0.15, 0.2) is 55.6 Å². The van der Waals surface area contributed by atoms with Gasteiger partial charge in [0.2, 0.25) is 0 Å². The van der Waals surface area contributed by atoms with E-state index in [-0.39, 0.29) is 5.91 Å². The van der Waals surface area contributed by atoms with Gasteiger partial charge in [-0.2, -0.15) is 5.10 Å². The first-order valence-electron chi connectivity index (χ1n) is 8.50. The highest BCUT2D eigenvalue weighted by Gasteiger charge is 2.26. The third-order valence-electron chi connectivity index (χ3n) is 4.63. The number of hydrogen-bond donors (Lipinski definition) is 0. The molecule has 1 atom stereocenters. The second kappa shape index (κ2) is 6.88. The highest BCUT2D eigenvalue weighted by molar-refractivity contribution is 5.97. The molecular weight excluding hydrogens is 316 g/mol. The molecule has 1 fully saturated rings. The first-order valence-corrected chi connectivity index (χ1v) is 8.50. The molecule has 0 N–H and O–H groups in total. The van der Waals surface area contributed by atoms with Crippen LogP contribution in [-0.2, 0) is 6.54 Å². The molecule has 25 heavy (non-hydrogen) atoms. The van der Waals surface area contributed by atoms with Gasteiger partial charge in [-0.25, -0.2) is 14.6 Å². The number of carbonyl (C=O) groups is 1. The lowest BCUT2D eigenvalue weighted by Crippen LogP contribution is -2.41. The number of nitrogens with zero attached hydrogens (tertiary/aromatic N) is 6. The largest absolute Gasteiger partial charge is 0.338 e. The molecule has 0 radical (unpaired) electrons. The summed E-state index contributed by atoms with van der Waals surface area (Å²) >= 11 is 0. The van der Waals surface area contributed by atoms with Gasteiger partial charge in [0.1, 0.15) is 12.7 Å². The summed E-state index contributed by atoms with van der Waals surface area (Å²) in [5.41, 5.74) is 1.43. The van der Waals surface area contributed by atoms with Crippen molar-refractivity contribution >= 4 is 5.91 Å². The van der Waals surface area contributed by atoms with Gasteiger partial charge in [0.15, 0.2) is 0 Å². The Hall–Kier alpha value is -2.96. The van der Waals surface area contributed by atoms with Crippen LogP contribution >= 0.6 is 0 Å². The molecule has 0 aliphatic carbocycles. The standard InChI is InChI=1S/C18H20N6O/c25-18(16-5-1-2-6-17(16)24-14-20-12-21-24)23-8-3-4-15(11-23)10-22-9-7-19-13-22/h1-2,5-7,9,12-15H,3-4,8,10-11H2/t15-/m0/s1. The van der Waals surface area contributed by atoms with Crippen molar-refractivity contribution in [1.29, 1.82) is 0 Å². The number of piperidine rings is 1. The third-order valence-corrected chi connectivity index (χ3v) is 4.63. The predicted octanol–water partition coefficient (Wildman–Crippen LogP) is 2.02. The maximum atomic E-state index is 13.1. The van der Waals surface area contributed by atoms with Gasteiger partial charge in [-0.05, 0) is 30.9 Å². The van der Waals surface area contributed by atoms with Crippen molar-refractivity contribution < 1.29 is 4.79 Å². The van der Waals surface area contributed by atoms with E-state index < -0.39 is 0 Å². The quantitative estimate of drug-likeness (QED) is 0.731. The fraction of sp³-hybridized carbons (Fsp3) is 0.333. The molecule has 1 aliphatic heterocycles. The molecule has 128 valence electrons. The number of likely N-dealkylation sites (tertiary alicyclic amines) is 1. The summed E-state index contributed by atoms with van der Waals surface area (Å²) in [5.74, 6) is 0.506. The number of para-hydroxylation sites is 1. The molecule has 2 aromatic heterocycles. The van der Waals surface area contributed by atoms with Crippen molar-refractivity contribution in [2.24, 2.45) is 5.92 Å². The molecule has 7 heteroatoms. The fourth-order valence-corrected chi connectivity index (χ4v) is 3.45. The summed E-state index contributed by atoms with van der Waals surface area (Å²) in [6, 6.07) is 7.56. The Bertz CT molecular complexity index is 827. The van der Waals surface area contributed by atoms with Crippen LogP contribution in [0.2, 0.25) is 0 Å². The Kier molecular flexibility index (Phi) is 4.28. The van der Waals surface area contributed by atoms with E-state index in [1.54, 1.807) is 17.2 Å². The molecule has 0 unspecified atom stereocenters. The topological polar surface area (TPSA) is 68.8 Å². The van der Waals surface area contributed by atoms with Crippen molar-refractivity contribution in [3.63, 3.8) is 0 Å². The summed E-state index contributed by atoms with van der Waals surface area (Å²) in [7, 11) is 0. The average Bonchev–Trinajstić information content (AvgIpc) is 3.35. The van der Waals surface area contributed by atoms with E-state index in [4.69, 9.17) is 0 Å². The minimum atomic E-state index is 0.0569. The lowest BCUT2D eigenvalue weighted by molar-refractivity contribution is 0.0662. The molecule has 3 heterocycles. The SMILES string of the molecule is O=C(c1ccccc1-n1cncn1)N1CCC[C@@H](Cn2ccnc2)C1. The highest BCUT2D eigenvalue weighted by Crippen LogP contribution is 2.22. The zero-order valence-electron chi connectivity index (χ0n) is 13.9. The van der Waals surface area contributed by atoms with E-state index >= 15 is 0 Å². The molecule has 0 spiro atoms. The van der Waals surface area contributed by atoms with E-state index in [0.29, 0.717) is 11.5 Å². The Morgan fingerprint density at radius 1 is 1.20 bits per heavy atom. The number of imidazole rings is 1. The van der Waals surface area contributed by atoms with Crippen molar-refractivity contribution in [1.82, 2.24) is 29.2 Å². The minimum absolute atomic E-state index is 0.0569. The van der Waals surface area contributed by atoms with Gasteiger partial charge in [0.25, 0.3) is 5.91 Å². The number of rotatable bonds is 4. The van der Waals surface area contributed by atoms with Crippen LogP contribution in [-0.4, -0.2) is 48.2 Å². The number of hydrogen-bond acceptors (Lipinski definition) is 4. The molecule has 7 nitrogen and oxygen atoms in total. The maximum Gasteiger partial charge on any atom is 0.256 e. The number of benzene rings is 1. The van der Waals surface area contributed by atoms with E-state index in [1.807, 2.05) is 41.7 Å². The third kappa shape index (κ3) is 3.31. The van der Waals surface area contributed by atoms with Crippen LogP contribution in [0.1, 0.15) is 23.2 Å². The van der Waals surface area contributed by atoms with Gasteiger partial charge in [-0.3, -0.25) is 4.79 Å². The molecule has 1 aromatic carbocycles. The van der Waals surface area contributed by atoms with E-state index in [1.165, 1.54) is 6.33 Å².